The summed E-state index contributed by atoms with van der Waals surface area (Å²) in [5, 5.41) is 5.16. The minimum atomic E-state index is -0.820. The Morgan fingerprint density at radius 3 is 2.67 bits per heavy atom. The highest BCUT2D eigenvalue weighted by Crippen LogP contribution is 2.33. The molecule has 4 rings (SSSR count). The van der Waals surface area contributed by atoms with Gasteiger partial charge in [0.25, 0.3) is 5.91 Å². The van der Waals surface area contributed by atoms with E-state index in [4.69, 9.17) is 11.6 Å². The summed E-state index contributed by atoms with van der Waals surface area (Å²) in [6.07, 6.45) is 3.00. The van der Waals surface area contributed by atoms with Crippen LogP contribution in [-0.2, 0) is 0 Å². The van der Waals surface area contributed by atoms with Crippen LogP contribution in [0, 0.1) is 5.95 Å². The van der Waals surface area contributed by atoms with Gasteiger partial charge in [0, 0.05) is 29.0 Å². The Kier molecular flexibility index (Phi) is 4.52. The van der Waals surface area contributed by atoms with Gasteiger partial charge in [0.15, 0.2) is 0 Å². The smallest absolute Gasteiger partial charge is 0.260 e. The van der Waals surface area contributed by atoms with Gasteiger partial charge >= 0.3 is 0 Å². The molecule has 2 heterocycles. The van der Waals surface area contributed by atoms with Gasteiger partial charge in [0.05, 0.1) is 16.3 Å². The largest absolute Gasteiger partial charge is 0.322 e. The molecule has 6 heteroatoms. The molecule has 1 amide bonds. The van der Waals surface area contributed by atoms with E-state index in [1.807, 2.05) is 30.3 Å². The summed E-state index contributed by atoms with van der Waals surface area (Å²) in [5.41, 5.74) is 1.74. The summed E-state index contributed by atoms with van der Waals surface area (Å²) >= 11 is 6.39. The molecule has 0 aliphatic rings. The molecule has 1 N–H and O–H groups in total. The molecule has 4 aromatic rings. The number of nitrogens with zero attached hydrogens (tertiary/aromatic N) is 2. The first-order valence-electron chi connectivity index (χ1n) is 8.19. The van der Waals surface area contributed by atoms with E-state index in [0.717, 1.165) is 10.8 Å². The Hall–Kier alpha value is -3.31. The predicted octanol–water partition coefficient (Wildman–Crippen LogP) is 5.34. The number of anilines is 1. The summed E-state index contributed by atoms with van der Waals surface area (Å²) in [4.78, 5) is 20.3. The first-order chi connectivity index (χ1) is 13.1. The normalized spacial score (nSPS) is 10.7. The first kappa shape index (κ1) is 17.1. The van der Waals surface area contributed by atoms with E-state index >= 15 is 0 Å². The van der Waals surface area contributed by atoms with Crippen LogP contribution in [0.4, 0.5) is 10.1 Å². The molecule has 132 valence electrons. The maximum absolute atomic E-state index is 13.7. The van der Waals surface area contributed by atoms with Crippen molar-refractivity contribution in [1.82, 2.24) is 9.97 Å². The number of amides is 1. The third kappa shape index (κ3) is 3.37. The molecule has 27 heavy (non-hydrogen) atoms. The number of halogens is 2. The molecule has 0 unspecified atom stereocenters. The number of fused-ring (bicyclic) bond motifs is 1. The van der Waals surface area contributed by atoms with Crippen molar-refractivity contribution in [2.45, 2.75) is 0 Å². The predicted molar refractivity (Wildman–Crippen MR) is 104 cm³/mol. The number of rotatable bonds is 3. The van der Waals surface area contributed by atoms with Crippen molar-refractivity contribution in [3.05, 3.63) is 89.6 Å². The van der Waals surface area contributed by atoms with Crippen LogP contribution in [0.1, 0.15) is 10.4 Å². The highest BCUT2D eigenvalue weighted by atomic mass is 35.5. The molecule has 0 atom stereocenters. The number of hydrogen-bond acceptors (Lipinski definition) is 3. The SMILES string of the molecule is O=C(Nc1ccc(Cl)c(-c2nccc3ccccc23)c1)c1cccnc1F. The number of pyridine rings is 2. The summed E-state index contributed by atoms with van der Waals surface area (Å²) in [6, 6.07) is 17.7. The van der Waals surface area contributed by atoms with E-state index in [-0.39, 0.29) is 5.56 Å². The first-order valence-corrected chi connectivity index (χ1v) is 8.57. The van der Waals surface area contributed by atoms with Crippen LogP contribution < -0.4 is 5.32 Å². The van der Waals surface area contributed by atoms with Crippen LogP contribution in [0.5, 0.6) is 0 Å². The lowest BCUT2D eigenvalue weighted by Gasteiger charge is -2.11. The second kappa shape index (κ2) is 7.13. The van der Waals surface area contributed by atoms with Crippen molar-refractivity contribution < 1.29 is 9.18 Å². The number of carbonyl (C=O) groups is 1. The lowest BCUT2D eigenvalue weighted by molar-refractivity contribution is 0.102. The number of carbonyl (C=O) groups excluding carboxylic acids is 1. The zero-order valence-electron chi connectivity index (χ0n) is 14.0. The molecule has 4 nitrogen and oxygen atoms in total. The van der Waals surface area contributed by atoms with Gasteiger partial charge in [-0.25, -0.2) is 4.98 Å². The molecule has 0 saturated carbocycles. The maximum atomic E-state index is 13.7. The lowest BCUT2D eigenvalue weighted by atomic mass is 10.0. The molecule has 0 spiro atoms. The highest BCUT2D eigenvalue weighted by Gasteiger charge is 2.14. The molecule has 0 saturated heterocycles. The minimum absolute atomic E-state index is 0.128. The molecule has 0 bridgehead atoms. The number of benzene rings is 2. The topological polar surface area (TPSA) is 54.9 Å². The maximum Gasteiger partial charge on any atom is 0.260 e. The third-order valence-corrected chi connectivity index (χ3v) is 4.49. The molecule has 0 aliphatic heterocycles. The fourth-order valence-corrected chi connectivity index (χ4v) is 3.08. The van der Waals surface area contributed by atoms with Gasteiger partial charge < -0.3 is 5.32 Å². The van der Waals surface area contributed by atoms with E-state index in [1.165, 1.54) is 18.3 Å². The van der Waals surface area contributed by atoms with Crippen molar-refractivity contribution >= 4 is 34.0 Å². The molecule has 2 aromatic heterocycles. The average Bonchev–Trinajstić information content (AvgIpc) is 2.69. The van der Waals surface area contributed by atoms with Crippen molar-refractivity contribution in [2.75, 3.05) is 5.32 Å². The Morgan fingerprint density at radius 2 is 1.81 bits per heavy atom. The summed E-state index contributed by atoms with van der Waals surface area (Å²) in [6.45, 7) is 0. The van der Waals surface area contributed by atoms with Crippen LogP contribution in [-0.4, -0.2) is 15.9 Å². The standard InChI is InChI=1S/C21H13ClFN3O/c22-18-8-7-14(26-21(27)16-6-3-10-25-20(16)23)12-17(18)19-15-5-2-1-4-13(15)9-11-24-19/h1-12H,(H,26,27). The quantitative estimate of drug-likeness (QED) is 0.490. The number of aromatic nitrogens is 2. The molecule has 0 fully saturated rings. The van der Waals surface area contributed by atoms with Crippen LogP contribution in [0.3, 0.4) is 0 Å². The molecular formula is C21H13ClFN3O. The number of nitrogens with one attached hydrogen (secondary N) is 1. The zero-order valence-corrected chi connectivity index (χ0v) is 14.7. The number of hydrogen-bond donors (Lipinski definition) is 1. The summed E-state index contributed by atoms with van der Waals surface area (Å²) in [7, 11) is 0. The van der Waals surface area contributed by atoms with Crippen molar-refractivity contribution in [1.29, 1.82) is 0 Å². The lowest BCUT2D eigenvalue weighted by Crippen LogP contribution is -2.14. The van der Waals surface area contributed by atoms with Crippen molar-refractivity contribution in [3.8, 4) is 11.3 Å². The van der Waals surface area contributed by atoms with Gasteiger partial charge in [-0.3, -0.25) is 9.78 Å². The fraction of sp³-hybridized carbons (Fsp3) is 0. The van der Waals surface area contributed by atoms with E-state index in [0.29, 0.717) is 22.0 Å². The van der Waals surface area contributed by atoms with Crippen molar-refractivity contribution in [3.63, 3.8) is 0 Å². The summed E-state index contributed by atoms with van der Waals surface area (Å²) in [5.74, 6) is -1.40. The second-order valence-electron chi connectivity index (χ2n) is 5.87. The fourth-order valence-electron chi connectivity index (χ4n) is 2.87. The Morgan fingerprint density at radius 1 is 0.963 bits per heavy atom. The van der Waals surface area contributed by atoms with Crippen LogP contribution in [0.15, 0.2) is 73.1 Å². The zero-order chi connectivity index (χ0) is 18.8. The van der Waals surface area contributed by atoms with Gasteiger partial charge in [-0.1, -0.05) is 35.9 Å². The third-order valence-electron chi connectivity index (χ3n) is 4.16. The molecule has 2 aromatic carbocycles. The van der Waals surface area contributed by atoms with Crippen LogP contribution >= 0.6 is 11.6 Å². The average molecular weight is 378 g/mol. The Labute approximate surface area is 159 Å². The van der Waals surface area contributed by atoms with Crippen LogP contribution in [0.25, 0.3) is 22.0 Å². The second-order valence-corrected chi connectivity index (χ2v) is 6.28. The highest BCUT2D eigenvalue weighted by molar-refractivity contribution is 6.33. The Bertz CT molecular complexity index is 1160. The van der Waals surface area contributed by atoms with Gasteiger partial charge in [0.2, 0.25) is 5.95 Å². The monoisotopic (exact) mass is 377 g/mol. The van der Waals surface area contributed by atoms with E-state index < -0.39 is 11.9 Å². The van der Waals surface area contributed by atoms with Crippen molar-refractivity contribution in [2.24, 2.45) is 0 Å². The van der Waals surface area contributed by atoms with Gasteiger partial charge in [-0.2, -0.15) is 4.39 Å². The van der Waals surface area contributed by atoms with Gasteiger partial charge in [-0.05, 0) is 41.8 Å². The van der Waals surface area contributed by atoms with E-state index in [2.05, 4.69) is 15.3 Å². The van der Waals surface area contributed by atoms with E-state index in [9.17, 15) is 9.18 Å². The minimum Gasteiger partial charge on any atom is -0.322 e. The van der Waals surface area contributed by atoms with Gasteiger partial charge in [0.1, 0.15) is 0 Å². The van der Waals surface area contributed by atoms with E-state index in [1.54, 1.807) is 24.4 Å². The Balaban J connectivity index is 1.74. The van der Waals surface area contributed by atoms with Gasteiger partial charge in [-0.15, -0.1) is 0 Å². The van der Waals surface area contributed by atoms with Crippen LogP contribution in [0.2, 0.25) is 5.02 Å². The molecule has 0 aliphatic carbocycles. The molecule has 0 radical (unpaired) electrons. The summed E-state index contributed by atoms with van der Waals surface area (Å²) < 4.78 is 13.7. The molecular weight excluding hydrogens is 365 g/mol.